The van der Waals surface area contributed by atoms with Crippen molar-refractivity contribution in [2.75, 3.05) is 13.7 Å². The van der Waals surface area contributed by atoms with Crippen molar-refractivity contribution in [1.82, 2.24) is 24.8 Å². The summed E-state index contributed by atoms with van der Waals surface area (Å²) < 4.78 is 17.4. The number of aromatic nitrogens is 3. The van der Waals surface area contributed by atoms with Gasteiger partial charge in [-0.15, -0.1) is 0 Å². The molecule has 6 rings (SSSR count). The largest absolute Gasteiger partial charge is 0.480 e. The van der Waals surface area contributed by atoms with E-state index in [0.717, 1.165) is 33.3 Å². The van der Waals surface area contributed by atoms with Crippen LogP contribution >= 0.6 is 0 Å². The molecule has 0 bridgehead atoms. The van der Waals surface area contributed by atoms with Gasteiger partial charge in [-0.1, -0.05) is 78.9 Å². The van der Waals surface area contributed by atoms with Gasteiger partial charge in [0.25, 0.3) is 0 Å². The molecule has 2 aromatic heterocycles. The quantitative estimate of drug-likeness (QED) is 0.182. The van der Waals surface area contributed by atoms with E-state index in [1.165, 1.54) is 0 Å². The number of piperidine rings is 1. The highest BCUT2D eigenvalue weighted by atomic mass is 16.6. The van der Waals surface area contributed by atoms with Crippen molar-refractivity contribution in [2.24, 2.45) is 0 Å². The van der Waals surface area contributed by atoms with Crippen molar-refractivity contribution >= 4 is 23.1 Å². The number of methoxy groups -OCH3 is 1. The standard InChI is InChI=1S/C38H41N5O5/c1-38(2,3)48-37(45)43-24-29(42(23-26-13-7-5-8-14-26)36(44)47-25-27-15-9-6-10-16-27)19-20-33(43)34-39-22-32(40-34)30-21-28-17-11-12-18-31(28)41-35(30)46-4/h5-18,21-22,29,33H,19-20,23-25H2,1-4H3,(H,39,40)/t29-,33-/m0/s1. The Bertz CT molecular complexity index is 1850. The zero-order valence-corrected chi connectivity index (χ0v) is 27.8. The Morgan fingerprint density at radius 3 is 2.33 bits per heavy atom. The number of imidazole rings is 1. The molecule has 0 saturated carbocycles. The average molecular weight is 648 g/mol. The first-order chi connectivity index (χ1) is 23.2. The number of likely N-dealkylation sites (tertiary alicyclic amines) is 1. The summed E-state index contributed by atoms with van der Waals surface area (Å²) in [6.07, 6.45) is 1.99. The monoisotopic (exact) mass is 647 g/mol. The number of amides is 2. The van der Waals surface area contributed by atoms with Crippen LogP contribution in [0.5, 0.6) is 5.88 Å². The number of ether oxygens (including phenoxy) is 3. The van der Waals surface area contributed by atoms with Gasteiger partial charge in [0.1, 0.15) is 18.0 Å². The topological polar surface area (TPSA) is 110 Å². The molecule has 10 nitrogen and oxygen atoms in total. The number of fused-ring (bicyclic) bond motifs is 1. The van der Waals surface area contributed by atoms with Crippen LogP contribution < -0.4 is 4.74 Å². The van der Waals surface area contributed by atoms with E-state index in [0.29, 0.717) is 31.1 Å². The molecule has 2 atom stereocenters. The molecule has 0 unspecified atom stereocenters. The minimum Gasteiger partial charge on any atom is -0.480 e. The number of hydrogen-bond acceptors (Lipinski definition) is 7. The smallest absolute Gasteiger partial charge is 0.410 e. The van der Waals surface area contributed by atoms with Gasteiger partial charge in [0.2, 0.25) is 5.88 Å². The Morgan fingerprint density at radius 2 is 1.62 bits per heavy atom. The summed E-state index contributed by atoms with van der Waals surface area (Å²) in [5.74, 6) is 1.09. The van der Waals surface area contributed by atoms with E-state index in [-0.39, 0.29) is 19.2 Å². The fraction of sp³-hybridized carbons (Fsp3) is 0.316. The summed E-state index contributed by atoms with van der Waals surface area (Å²) in [5.41, 5.74) is 3.47. The number of nitrogens with zero attached hydrogens (tertiary/aromatic N) is 4. The molecule has 1 aliphatic heterocycles. The molecule has 3 heterocycles. The summed E-state index contributed by atoms with van der Waals surface area (Å²) in [4.78, 5) is 43.8. The van der Waals surface area contributed by atoms with Crippen LogP contribution in [0, 0.1) is 0 Å². The summed E-state index contributed by atoms with van der Waals surface area (Å²) in [5, 5.41) is 0.970. The van der Waals surface area contributed by atoms with Gasteiger partial charge in [0.15, 0.2) is 0 Å². The summed E-state index contributed by atoms with van der Waals surface area (Å²) in [7, 11) is 1.59. The molecule has 1 fully saturated rings. The number of H-pyrrole nitrogens is 1. The summed E-state index contributed by atoms with van der Waals surface area (Å²) in [6, 6.07) is 28.5. The molecule has 48 heavy (non-hydrogen) atoms. The molecular weight excluding hydrogens is 606 g/mol. The predicted octanol–water partition coefficient (Wildman–Crippen LogP) is 7.91. The van der Waals surface area contributed by atoms with Crippen molar-refractivity contribution in [3.05, 3.63) is 114 Å². The first kappa shape index (κ1) is 32.6. The maximum Gasteiger partial charge on any atom is 0.410 e. The first-order valence-corrected chi connectivity index (χ1v) is 16.2. The maximum atomic E-state index is 13.8. The van der Waals surface area contributed by atoms with Crippen LogP contribution in [0.15, 0.2) is 97.2 Å². The van der Waals surface area contributed by atoms with E-state index in [9.17, 15) is 9.59 Å². The third-order valence-electron chi connectivity index (χ3n) is 8.34. The first-order valence-electron chi connectivity index (χ1n) is 16.2. The number of carbonyl (C=O) groups is 2. The maximum absolute atomic E-state index is 13.8. The Morgan fingerprint density at radius 1 is 0.938 bits per heavy atom. The molecule has 0 aliphatic carbocycles. The van der Waals surface area contributed by atoms with Gasteiger partial charge in [-0.3, -0.25) is 9.80 Å². The molecule has 0 radical (unpaired) electrons. The van der Waals surface area contributed by atoms with Crippen molar-refractivity contribution in [2.45, 2.75) is 64.4 Å². The van der Waals surface area contributed by atoms with Crippen LogP contribution in [-0.2, 0) is 22.6 Å². The van der Waals surface area contributed by atoms with Gasteiger partial charge in [-0.2, -0.15) is 0 Å². The van der Waals surface area contributed by atoms with Crippen molar-refractivity contribution in [1.29, 1.82) is 0 Å². The Kier molecular flexibility index (Phi) is 9.61. The minimum absolute atomic E-state index is 0.151. The van der Waals surface area contributed by atoms with Crippen molar-refractivity contribution < 1.29 is 23.8 Å². The summed E-state index contributed by atoms with van der Waals surface area (Å²) >= 11 is 0. The molecule has 1 aliphatic rings. The van der Waals surface area contributed by atoms with Gasteiger partial charge in [0, 0.05) is 18.5 Å². The second-order valence-electron chi connectivity index (χ2n) is 13.0. The minimum atomic E-state index is -0.717. The van der Waals surface area contributed by atoms with E-state index in [4.69, 9.17) is 19.2 Å². The van der Waals surface area contributed by atoms with Crippen LogP contribution in [0.1, 0.15) is 56.6 Å². The second kappa shape index (κ2) is 14.2. The zero-order chi connectivity index (χ0) is 33.7. The third kappa shape index (κ3) is 7.60. The number of carbonyl (C=O) groups excluding carboxylic acids is 2. The number of aromatic amines is 1. The van der Waals surface area contributed by atoms with Gasteiger partial charge in [-0.05, 0) is 56.9 Å². The molecule has 248 valence electrons. The molecule has 5 aromatic rings. The highest BCUT2D eigenvalue weighted by Gasteiger charge is 2.40. The molecule has 1 N–H and O–H groups in total. The lowest BCUT2D eigenvalue weighted by Gasteiger charge is -2.42. The second-order valence-corrected chi connectivity index (χ2v) is 13.0. The third-order valence-corrected chi connectivity index (χ3v) is 8.34. The van der Waals surface area contributed by atoms with E-state index in [2.05, 4.69) is 9.97 Å². The molecule has 0 spiro atoms. The van der Waals surface area contributed by atoms with E-state index < -0.39 is 23.8 Å². The van der Waals surface area contributed by atoms with Crippen molar-refractivity contribution in [3.63, 3.8) is 0 Å². The van der Waals surface area contributed by atoms with Crippen LogP contribution in [0.4, 0.5) is 9.59 Å². The number of rotatable bonds is 8. The fourth-order valence-electron chi connectivity index (χ4n) is 6.03. The van der Waals surface area contributed by atoms with E-state index in [1.54, 1.807) is 23.1 Å². The van der Waals surface area contributed by atoms with Gasteiger partial charge in [0.05, 0.1) is 42.2 Å². The van der Waals surface area contributed by atoms with Gasteiger partial charge >= 0.3 is 12.2 Å². The van der Waals surface area contributed by atoms with Crippen LogP contribution in [-0.4, -0.2) is 62.2 Å². The molecular formula is C38H41N5O5. The van der Waals surface area contributed by atoms with Crippen molar-refractivity contribution in [3.8, 4) is 17.1 Å². The highest BCUT2D eigenvalue weighted by Crippen LogP contribution is 2.36. The number of para-hydroxylation sites is 1. The number of hydrogen-bond donors (Lipinski definition) is 1. The number of nitrogens with one attached hydrogen (secondary N) is 1. The fourth-order valence-corrected chi connectivity index (χ4v) is 6.03. The van der Waals surface area contributed by atoms with E-state index >= 15 is 0 Å². The normalized spacial score (nSPS) is 16.4. The number of benzene rings is 3. The zero-order valence-electron chi connectivity index (χ0n) is 27.8. The Labute approximate surface area is 280 Å². The predicted molar refractivity (Wildman–Crippen MR) is 183 cm³/mol. The lowest BCUT2D eigenvalue weighted by Crippen LogP contribution is -2.53. The molecule has 2 amide bonds. The van der Waals surface area contributed by atoms with Crippen LogP contribution in [0.25, 0.3) is 22.2 Å². The Balaban J connectivity index is 1.29. The average Bonchev–Trinajstić information content (AvgIpc) is 3.59. The molecule has 10 heteroatoms. The van der Waals surface area contributed by atoms with Crippen LogP contribution in [0.3, 0.4) is 0 Å². The molecule has 3 aromatic carbocycles. The van der Waals surface area contributed by atoms with Crippen LogP contribution in [0.2, 0.25) is 0 Å². The number of pyridine rings is 1. The Hall–Kier alpha value is -5.38. The lowest BCUT2D eigenvalue weighted by atomic mass is 9.96. The van der Waals surface area contributed by atoms with Gasteiger partial charge in [-0.25, -0.2) is 19.6 Å². The highest BCUT2D eigenvalue weighted by molar-refractivity contribution is 5.85. The van der Waals surface area contributed by atoms with E-state index in [1.807, 2.05) is 112 Å². The lowest BCUT2D eigenvalue weighted by molar-refractivity contribution is -0.00858. The molecule has 1 saturated heterocycles. The summed E-state index contributed by atoms with van der Waals surface area (Å²) in [6.45, 7) is 6.25. The van der Waals surface area contributed by atoms with Gasteiger partial charge < -0.3 is 19.2 Å². The SMILES string of the molecule is COc1nc2ccccc2cc1-c1cnc([C@@H]2CC[C@H](N(Cc3ccccc3)C(=O)OCc3ccccc3)CN2C(=O)OC(C)(C)C)[nH]1.